The van der Waals surface area contributed by atoms with Gasteiger partial charge in [0.25, 0.3) is 0 Å². The number of benzene rings is 1. The predicted octanol–water partition coefficient (Wildman–Crippen LogP) is 3.49. The van der Waals surface area contributed by atoms with Gasteiger partial charge in [0.15, 0.2) is 0 Å². The number of fused-ring (bicyclic) bond motifs is 1. The smallest absolute Gasteiger partial charge is 0.329 e. The van der Waals surface area contributed by atoms with E-state index >= 15 is 0 Å². The van der Waals surface area contributed by atoms with E-state index in [1.807, 2.05) is 11.0 Å². The van der Waals surface area contributed by atoms with Crippen molar-refractivity contribution >= 4 is 46.0 Å². The topological polar surface area (TPSA) is 72.2 Å². The molecular formula is C21H23Cl2N5O2. The van der Waals surface area contributed by atoms with E-state index in [9.17, 15) is 9.59 Å². The Hall–Kier alpha value is -2.51. The quantitative estimate of drug-likeness (QED) is 0.664. The maximum atomic E-state index is 13.0. The molecule has 158 valence electrons. The Bertz CT molecular complexity index is 1150. The minimum atomic E-state index is -0.0963. The molecular weight excluding hydrogens is 425 g/mol. The first kappa shape index (κ1) is 20.8. The largest absolute Gasteiger partial charge is 0.373 e. The first-order chi connectivity index (χ1) is 14.4. The number of nitrogens with one attached hydrogen (secondary N) is 1. The number of amides is 1. The van der Waals surface area contributed by atoms with E-state index in [4.69, 9.17) is 23.2 Å². The highest BCUT2D eigenvalue weighted by atomic mass is 35.5. The molecule has 2 aromatic heterocycles. The van der Waals surface area contributed by atoms with Crippen molar-refractivity contribution in [3.8, 4) is 0 Å². The van der Waals surface area contributed by atoms with Gasteiger partial charge < -0.3 is 10.2 Å². The van der Waals surface area contributed by atoms with Gasteiger partial charge in [-0.15, -0.1) is 0 Å². The lowest BCUT2D eigenvalue weighted by Crippen LogP contribution is -2.43. The van der Waals surface area contributed by atoms with Crippen LogP contribution in [0, 0.1) is 0 Å². The zero-order chi connectivity index (χ0) is 21.4. The number of rotatable bonds is 4. The Kier molecular flexibility index (Phi) is 5.75. The molecule has 9 heteroatoms. The normalized spacial score (nSPS) is 16.8. The van der Waals surface area contributed by atoms with Crippen molar-refractivity contribution in [3.05, 3.63) is 56.6 Å². The Labute approximate surface area is 184 Å². The highest BCUT2D eigenvalue weighted by molar-refractivity contribution is 6.34. The van der Waals surface area contributed by atoms with E-state index in [-0.39, 0.29) is 24.1 Å². The van der Waals surface area contributed by atoms with Gasteiger partial charge in [0.2, 0.25) is 5.91 Å². The second-order valence-electron chi connectivity index (χ2n) is 7.61. The number of hydrogen-bond donors (Lipinski definition) is 1. The van der Waals surface area contributed by atoms with Crippen molar-refractivity contribution in [2.24, 2.45) is 7.05 Å². The third-order valence-corrected chi connectivity index (χ3v) is 6.06. The minimum Gasteiger partial charge on any atom is -0.373 e. The summed E-state index contributed by atoms with van der Waals surface area (Å²) < 4.78 is 3.41. The van der Waals surface area contributed by atoms with Crippen molar-refractivity contribution in [2.45, 2.75) is 25.3 Å². The number of aromatic nitrogens is 3. The number of nitrogens with zero attached hydrogens (tertiary/aromatic N) is 4. The van der Waals surface area contributed by atoms with Crippen LogP contribution >= 0.6 is 23.2 Å². The van der Waals surface area contributed by atoms with Crippen molar-refractivity contribution in [2.75, 3.05) is 25.5 Å². The number of piperidine rings is 1. The first-order valence-corrected chi connectivity index (χ1v) is 10.6. The summed E-state index contributed by atoms with van der Waals surface area (Å²) in [5.41, 5.74) is 2.28. The van der Waals surface area contributed by atoms with Gasteiger partial charge in [0.05, 0.1) is 29.7 Å². The Morgan fingerprint density at radius 2 is 1.93 bits per heavy atom. The van der Waals surface area contributed by atoms with Gasteiger partial charge in [0, 0.05) is 43.3 Å². The molecule has 1 aliphatic heterocycles. The molecule has 0 spiro atoms. The van der Waals surface area contributed by atoms with Crippen molar-refractivity contribution < 1.29 is 4.79 Å². The molecule has 0 bridgehead atoms. The van der Waals surface area contributed by atoms with E-state index in [2.05, 4.69) is 10.3 Å². The van der Waals surface area contributed by atoms with Crippen LogP contribution in [-0.4, -0.2) is 45.1 Å². The molecule has 3 aromatic rings. The second kappa shape index (κ2) is 8.32. The number of likely N-dealkylation sites (tertiary alicyclic amines) is 1. The van der Waals surface area contributed by atoms with E-state index in [0.29, 0.717) is 29.0 Å². The third-order valence-electron chi connectivity index (χ3n) is 5.62. The second-order valence-corrected chi connectivity index (χ2v) is 8.48. The zero-order valence-electron chi connectivity index (χ0n) is 16.9. The van der Waals surface area contributed by atoms with Crippen LogP contribution in [0.1, 0.15) is 24.4 Å². The minimum absolute atomic E-state index is 0.00361. The highest BCUT2D eigenvalue weighted by Crippen LogP contribution is 2.26. The fourth-order valence-corrected chi connectivity index (χ4v) is 4.71. The summed E-state index contributed by atoms with van der Waals surface area (Å²) in [5, 5.41) is 4.04. The Balaban J connectivity index is 1.60. The third kappa shape index (κ3) is 3.91. The molecule has 1 fully saturated rings. The summed E-state index contributed by atoms with van der Waals surface area (Å²) in [7, 11) is 3.54. The standard InChI is InChI=1S/C21H23Cl2N5O2/c1-24-19-10-17-18(11-25-19)26(2)21(30)28(17)16-4-3-5-27(12-16)20(29)8-13-6-14(22)9-15(23)7-13/h6-7,9-11,16H,3-5,8,12H2,1-2H3,(H,24,25)/t16-/m0/s1. The average Bonchev–Trinajstić information content (AvgIpc) is 2.97. The van der Waals surface area contributed by atoms with Gasteiger partial charge in [-0.3, -0.25) is 13.9 Å². The van der Waals surface area contributed by atoms with Crippen LogP contribution < -0.4 is 11.0 Å². The highest BCUT2D eigenvalue weighted by Gasteiger charge is 2.28. The van der Waals surface area contributed by atoms with Gasteiger partial charge in [-0.25, -0.2) is 9.78 Å². The first-order valence-electron chi connectivity index (χ1n) is 9.85. The molecule has 0 unspecified atom stereocenters. The molecule has 7 nitrogen and oxygen atoms in total. The molecule has 0 radical (unpaired) electrons. The van der Waals surface area contributed by atoms with Crippen LogP contribution in [0.25, 0.3) is 11.0 Å². The maximum absolute atomic E-state index is 13.0. The number of halogens is 2. The lowest BCUT2D eigenvalue weighted by molar-refractivity contribution is -0.132. The zero-order valence-corrected chi connectivity index (χ0v) is 18.4. The van der Waals surface area contributed by atoms with Crippen LogP contribution in [-0.2, 0) is 18.3 Å². The molecule has 3 heterocycles. The number of anilines is 1. The Morgan fingerprint density at radius 1 is 1.20 bits per heavy atom. The van der Waals surface area contributed by atoms with Crippen molar-refractivity contribution in [1.82, 2.24) is 19.0 Å². The van der Waals surface area contributed by atoms with Crippen LogP contribution in [0.5, 0.6) is 0 Å². The molecule has 1 atom stereocenters. The van der Waals surface area contributed by atoms with E-state index in [1.54, 1.807) is 47.6 Å². The molecule has 1 aromatic carbocycles. The van der Waals surface area contributed by atoms with E-state index in [0.717, 1.165) is 29.4 Å². The number of imidazole rings is 1. The number of pyridine rings is 1. The maximum Gasteiger partial charge on any atom is 0.329 e. The lowest BCUT2D eigenvalue weighted by Gasteiger charge is -2.33. The molecule has 1 saturated heterocycles. The fourth-order valence-electron chi connectivity index (χ4n) is 4.14. The monoisotopic (exact) mass is 447 g/mol. The van der Waals surface area contributed by atoms with Crippen LogP contribution in [0.4, 0.5) is 5.82 Å². The lowest BCUT2D eigenvalue weighted by atomic mass is 10.0. The molecule has 1 amide bonds. The summed E-state index contributed by atoms with van der Waals surface area (Å²) in [4.78, 5) is 32.1. The van der Waals surface area contributed by atoms with Gasteiger partial charge in [-0.05, 0) is 36.6 Å². The van der Waals surface area contributed by atoms with Gasteiger partial charge in [0.1, 0.15) is 5.82 Å². The van der Waals surface area contributed by atoms with Gasteiger partial charge >= 0.3 is 5.69 Å². The van der Waals surface area contributed by atoms with E-state index in [1.165, 1.54) is 0 Å². The van der Waals surface area contributed by atoms with Crippen molar-refractivity contribution in [3.63, 3.8) is 0 Å². The summed E-state index contributed by atoms with van der Waals surface area (Å²) in [6.45, 7) is 1.16. The van der Waals surface area contributed by atoms with Crippen LogP contribution in [0.3, 0.4) is 0 Å². The summed E-state index contributed by atoms with van der Waals surface area (Å²) in [6.07, 6.45) is 3.60. The summed E-state index contributed by atoms with van der Waals surface area (Å²) >= 11 is 12.1. The summed E-state index contributed by atoms with van der Waals surface area (Å²) in [6, 6.07) is 6.96. The molecule has 4 rings (SSSR count). The molecule has 1 N–H and O–H groups in total. The number of aryl methyl sites for hydroxylation is 1. The fraction of sp³-hybridized carbons (Fsp3) is 0.381. The van der Waals surface area contributed by atoms with Gasteiger partial charge in [-0.1, -0.05) is 23.2 Å². The molecule has 0 saturated carbocycles. The number of carbonyl (C=O) groups is 1. The summed E-state index contributed by atoms with van der Waals surface area (Å²) in [5.74, 6) is 0.701. The van der Waals surface area contributed by atoms with Gasteiger partial charge in [-0.2, -0.15) is 0 Å². The number of hydrogen-bond acceptors (Lipinski definition) is 4. The molecule has 30 heavy (non-hydrogen) atoms. The van der Waals surface area contributed by atoms with Crippen molar-refractivity contribution in [1.29, 1.82) is 0 Å². The predicted molar refractivity (Wildman–Crippen MR) is 120 cm³/mol. The number of carbonyl (C=O) groups excluding carboxylic acids is 1. The molecule has 0 aliphatic carbocycles. The van der Waals surface area contributed by atoms with Crippen LogP contribution in [0.2, 0.25) is 10.0 Å². The van der Waals surface area contributed by atoms with Crippen LogP contribution in [0.15, 0.2) is 35.3 Å². The average molecular weight is 448 g/mol. The van der Waals surface area contributed by atoms with E-state index < -0.39 is 0 Å². The molecule has 1 aliphatic rings. The Morgan fingerprint density at radius 3 is 2.63 bits per heavy atom. The SMILES string of the molecule is CNc1cc2c(cn1)n(C)c(=O)n2[C@H]1CCCN(C(=O)Cc2cc(Cl)cc(Cl)c2)C1.